The highest BCUT2D eigenvalue weighted by Crippen LogP contribution is 2.51. The molecule has 2 heterocycles. The molecule has 15 heteroatoms. The third-order valence-electron chi connectivity index (χ3n) is 7.24. The summed E-state index contributed by atoms with van der Waals surface area (Å²) < 4.78 is 110. The van der Waals surface area contributed by atoms with E-state index in [1.165, 1.54) is 24.3 Å². The molecule has 1 unspecified atom stereocenters. The molecule has 0 aliphatic carbocycles. The number of rotatable bonds is 6. The standard InChI is InChI=1S/C26H27F6N3O5S/c1-15-2-7-20(8-3-15)41(39,40)35-19(14-23(37)34-18-10-11-33-22(36)13-18)6-4-16-12-17(5-9-21(16)35)24(38,25(27,28)29)26(30,31)32/h2-3,5,7-9,12,18-19,38H,4,6,10-11,13-14H2,1H3,(H,33,36)(H,34,37)/t18?,19-/m0/s1. The summed E-state index contributed by atoms with van der Waals surface area (Å²) in [5, 5.41) is 15.2. The molecular weight excluding hydrogens is 580 g/mol. The van der Waals surface area contributed by atoms with Gasteiger partial charge in [0.2, 0.25) is 11.8 Å². The quantitative estimate of drug-likeness (QED) is 0.435. The molecule has 0 saturated carbocycles. The number of hydrogen-bond acceptors (Lipinski definition) is 5. The minimum atomic E-state index is -6.11. The van der Waals surface area contributed by atoms with E-state index in [9.17, 15) is 49.5 Å². The van der Waals surface area contributed by atoms with Crippen LogP contribution in [0.1, 0.15) is 42.4 Å². The molecule has 4 rings (SSSR count). The van der Waals surface area contributed by atoms with E-state index in [4.69, 9.17) is 0 Å². The van der Waals surface area contributed by atoms with Gasteiger partial charge in [0.05, 0.1) is 16.6 Å². The zero-order valence-corrected chi connectivity index (χ0v) is 22.5. The largest absolute Gasteiger partial charge is 0.430 e. The molecular formula is C26H27F6N3O5S. The van der Waals surface area contributed by atoms with Gasteiger partial charge in [-0.1, -0.05) is 29.8 Å². The van der Waals surface area contributed by atoms with E-state index in [-0.39, 0.29) is 47.7 Å². The number of halogens is 6. The number of benzene rings is 2. The van der Waals surface area contributed by atoms with Gasteiger partial charge in [0, 0.05) is 31.0 Å². The Hall–Kier alpha value is -3.33. The van der Waals surface area contributed by atoms with Gasteiger partial charge < -0.3 is 15.7 Å². The van der Waals surface area contributed by atoms with Crippen LogP contribution in [0, 0.1) is 6.92 Å². The van der Waals surface area contributed by atoms with Crippen molar-refractivity contribution in [3.05, 3.63) is 59.2 Å². The summed E-state index contributed by atoms with van der Waals surface area (Å²) in [5.74, 6) is -0.826. The molecule has 0 aromatic heterocycles. The minimum absolute atomic E-state index is 0.0364. The lowest BCUT2D eigenvalue weighted by atomic mass is 9.87. The molecule has 0 bridgehead atoms. The third-order valence-corrected chi connectivity index (χ3v) is 9.13. The van der Waals surface area contributed by atoms with E-state index in [0.717, 1.165) is 15.9 Å². The number of carbonyl (C=O) groups is 2. The van der Waals surface area contributed by atoms with Crippen LogP contribution in [-0.4, -0.2) is 56.3 Å². The molecule has 2 atom stereocenters. The van der Waals surface area contributed by atoms with E-state index in [1.807, 2.05) is 0 Å². The monoisotopic (exact) mass is 607 g/mol. The molecule has 2 aliphatic rings. The number of fused-ring (bicyclic) bond motifs is 1. The van der Waals surface area contributed by atoms with Gasteiger partial charge >= 0.3 is 12.4 Å². The lowest BCUT2D eigenvalue weighted by Gasteiger charge is -2.39. The summed E-state index contributed by atoms with van der Waals surface area (Å²) in [4.78, 5) is 24.4. The smallest absolute Gasteiger partial charge is 0.369 e. The van der Waals surface area contributed by atoms with Crippen molar-refractivity contribution < 1.29 is 49.5 Å². The highest BCUT2D eigenvalue weighted by Gasteiger charge is 2.71. The van der Waals surface area contributed by atoms with E-state index in [0.29, 0.717) is 25.1 Å². The maximum atomic E-state index is 13.8. The topological polar surface area (TPSA) is 116 Å². The van der Waals surface area contributed by atoms with E-state index < -0.39 is 51.5 Å². The number of nitrogens with one attached hydrogen (secondary N) is 2. The Bertz CT molecular complexity index is 1410. The highest BCUT2D eigenvalue weighted by atomic mass is 32.2. The predicted octanol–water partition coefficient (Wildman–Crippen LogP) is 3.60. The number of hydrogen-bond donors (Lipinski definition) is 3. The number of alkyl halides is 6. The number of aliphatic hydroxyl groups is 1. The summed E-state index contributed by atoms with van der Waals surface area (Å²) >= 11 is 0. The summed E-state index contributed by atoms with van der Waals surface area (Å²) in [7, 11) is -4.45. The summed E-state index contributed by atoms with van der Waals surface area (Å²) in [6.45, 7) is 2.06. The van der Waals surface area contributed by atoms with Gasteiger partial charge in [0.1, 0.15) is 0 Å². The van der Waals surface area contributed by atoms with Crippen molar-refractivity contribution in [1.82, 2.24) is 10.6 Å². The number of aryl methyl sites for hydroxylation is 2. The van der Waals surface area contributed by atoms with Crippen molar-refractivity contribution >= 4 is 27.5 Å². The Morgan fingerprint density at radius 1 is 1.05 bits per heavy atom. The molecule has 2 amide bonds. The first kappa shape index (κ1) is 30.6. The highest BCUT2D eigenvalue weighted by molar-refractivity contribution is 7.92. The number of piperidine rings is 1. The Kier molecular flexibility index (Phi) is 8.08. The first-order valence-electron chi connectivity index (χ1n) is 12.6. The number of nitrogens with zero attached hydrogens (tertiary/aromatic N) is 1. The second-order valence-electron chi connectivity index (χ2n) is 10.2. The fourth-order valence-electron chi connectivity index (χ4n) is 5.09. The second kappa shape index (κ2) is 10.8. The van der Waals surface area contributed by atoms with Crippen LogP contribution in [0.4, 0.5) is 32.0 Å². The molecule has 2 aromatic carbocycles. The maximum absolute atomic E-state index is 13.8. The van der Waals surface area contributed by atoms with E-state index >= 15 is 0 Å². The second-order valence-corrected chi connectivity index (χ2v) is 12.0. The molecule has 2 aliphatic heterocycles. The van der Waals surface area contributed by atoms with Gasteiger partial charge in [-0.15, -0.1) is 0 Å². The predicted molar refractivity (Wildman–Crippen MR) is 134 cm³/mol. The van der Waals surface area contributed by atoms with Crippen LogP contribution in [-0.2, 0) is 31.6 Å². The molecule has 224 valence electrons. The molecule has 41 heavy (non-hydrogen) atoms. The van der Waals surface area contributed by atoms with Crippen LogP contribution >= 0.6 is 0 Å². The van der Waals surface area contributed by atoms with Gasteiger partial charge in [-0.3, -0.25) is 13.9 Å². The van der Waals surface area contributed by atoms with Crippen LogP contribution in [0.2, 0.25) is 0 Å². The molecule has 8 nitrogen and oxygen atoms in total. The van der Waals surface area contributed by atoms with Crippen molar-refractivity contribution in [3.63, 3.8) is 0 Å². The van der Waals surface area contributed by atoms with Crippen LogP contribution in [0.5, 0.6) is 0 Å². The van der Waals surface area contributed by atoms with Gasteiger partial charge in [-0.05, 0) is 49.9 Å². The first-order chi connectivity index (χ1) is 18.9. The van der Waals surface area contributed by atoms with Crippen LogP contribution in [0.25, 0.3) is 0 Å². The van der Waals surface area contributed by atoms with E-state index in [2.05, 4.69) is 10.6 Å². The molecule has 1 saturated heterocycles. The fraction of sp³-hybridized carbons (Fsp3) is 0.462. The maximum Gasteiger partial charge on any atom is 0.430 e. The van der Waals surface area contributed by atoms with Gasteiger partial charge in [0.15, 0.2) is 0 Å². The van der Waals surface area contributed by atoms with Gasteiger partial charge in [-0.25, -0.2) is 8.42 Å². The van der Waals surface area contributed by atoms with Crippen LogP contribution < -0.4 is 14.9 Å². The molecule has 2 aromatic rings. The average molecular weight is 608 g/mol. The number of sulfonamides is 1. The van der Waals surface area contributed by atoms with Gasteiger partial charge in [-0.2, -0.15) is 26.3 Å². The Labute approximate surface area is 231 Å². The van der Waals surface area contributed by atoms with E-state index in [1.54, 1.807) is 6.92 Å². The first-order valence-corrected chi connectivity index (χ1v) is 14.1. The Morgan fingerprint density at radius 2 is 1.68 bits per heavy atom. The molecule has 1 fully saturated rings. The zero-order chi connectivity index (χ0) is 30.4. The van der Waals surface area contributed by atoms with Crippen molar-refractivity contribution in [2.24, 2.45) is 0 Å². The molecule has 0 radical (unpaired) electrons. The van der Waals surface area contributed by atoms with Gasteiger partial charge in [0.25, 0.3) is 15.6 Å². The third kappa shape index (κ3) is 5.87. The van der Waals surface area contributed by atoms with Crippen molar-refractivity contribution in [3.8, 4) is 0 Å². The molecule has 0 spiro atoms. The zero-order valence-electron chi connectivity index (χ0n) is 21.6. The van der Waals surface area contributed by atoms with Crippen LogP contribution in [0.15, 0.2) is 47.4 Å². The summed E-state index contributed by atoms with van der Waals surface area (Å²) in [5.41, 5.74) is -6.33. The minimum Gasteiger partial charge on any atom is -0.369 e. The fourth-order valence-corrected chi connectivity index (χ4v) is 6.81. The number of anilines is 1. The van der Waals surface area contributed by atoms with Crippen molar-refractivity contribution in [2.75, 3.05) is 10.8 Å². The summed E-state index contributed by atoms with van der Waals surface area (Å²) in [6, 6.07) is 5.81. The van der Waals surface area contributed by atoms with Crippen molar-refractivity contribution in [2.45, 2.75) is 74.0 Å². The summed E-state index contributed by atoms with van der Waals surface area (Å²) in [6.07, 6.45) is -12.4. The molecule has 3 N–H and O–H groups in total. The van der Waals surface area contributed by atoms with Crippen LogP contribution in [0.3, 0.4) is 0 Å². The average Bonchev–Trinajstić information content (AvgIpc) is 2.86. The number of amides is 2. The van der Waals surface area contributed by atoms with Crippen molar-refractivity contribution in [1.29, 1.82) is 0 Å². The Morgan fingerprint density at radius 3 is 2.27 bits per heavy atom. The lowest BCUT2D eigenvalue weighted by molar-refractivity contribution is -0.376. The number of carbonyl (C=O) groups excluding carboxylic acids is 2. The SMILES string of the molecule is Cc1ccc(S(=O)(=O)N2c3ccc(C(O)(C(F)(F)F)C(F)(F)F)cc3CC[C@H]2CC(=O)NC2CCNC(=O)C2)cc1. The normalized spacial score (nSPS) is 20.3. The lowest BCUT2D eigenvalue weighted by Crippen LogP contribution is -2.54. The Balaban J connectivity index is 1.75.